The minimum atomic E-state index is -0.542. The van der Waals surface area contributed by atoms with Gasteiger partial charge in [-0.25, -0.2) is 19.6 Å². The fraction of sp³-hybridized carbons (Fsp3) is 0.357. The number of carbonyl (C=O) groups is 1. The number of nitrogens with zero attached hydrogens (tertiary/aromatic N) is 4. The number of hydrogen-bond acceptors (Lipinski definition) is 5. The number of imidazole rings is 1. The smallest absolute Gasteiger partial charge is 0.407 e. The lowest BCUT2D eigenvalue weighted by Gasteiger charge is -2.19. The summed E-state index contributed by atoms with van der Waals surface area (Å²) in [6, 6.07) is 15.9. The lowest BCUT2D eigenvalue weighted by Crippen LogP contribution is -2.32. The summed E-state index contributed by atoms with van der Waals surface area (Å²) in [4.78, 5) is 34.4. The van der Waals surface area contributed by atoms with Crippen molar-refractivity contribution in [1.29, 1.82) is 0 Å². The summed E-state index contributed by atoms with van der Waals surface area (Å²) in [7, 11) is 1.73. The van der Waals surface area contributed by atoms with Crippen molar-refractivity contribution in [3.05, 3.63) is 81.9 Å². The van der Waals surface area contributed by atoms with Gasteiger partial charge in [0.2, 0.25) is 0 Å². The van der Waals surface area contributed by atoms with Crippen LogP contribution in [-0.4, -0.2) is 30.8 Å². The van der Waals surface area contributed by atoms with Crippen LogP contribution in [0, 0.1) is 0 Å². The van der Waals surface area contributed by atoms with Crippen LogP contribution in [0.1, 0.15) is 57.2 Å². The Morgan fingerprint density at radius 3 is 2.39 bits per heavy atom. The van der Waals surface area contributed by atoms with Crippen LogP contribution in [-0.2, 0) is 24.9 Å². The second kappa shape index (κ2) is 9.97. The fourth-order valence-corrected chi connectivity index (χ4v) is 4.09. The van der Waals surface area contributed by atoms with Gasteiger partial charge in [-0.1, -0.05) is 62.4 Å². The van der Waals surface area contributed by atoms with Gasteiger partial charge < -0.3 is 10.1 Å². The van der Waals surface area contributed by atoms with Crippen LogP contribution in [0.15, 0.2) is 59.5 Å². The Bertz CT molecular complexity index is 1440. The number of hydrogen-bond donors (Lipinski definition) is 1. The Kier molecular flexibility index (Phi) is 6.97. The van der Waals surface area contributed by atoms with E-state index in [0.717, 1.165) is 22.3 Å². The normalized spacial score (nSPS) is 11.8. The molecule has 2 aromatic carbocycles. The molecule has 36 heavy (non-hydrogen) atoms. The topological polar surface area (TPSA) is 91.0 Å². The molecule has 188 valence electrons. The molecule has 2 heterocycles. The zero-order valence-electron chi connectivity index (χ0n) is 21.7. The minimum Gasteiger partial charge on any atom is -0.444 e. The van der Waals surface area contributed by atoms with Gasteiger partial charge in [0.05, 0.1) is 12.7 Å². The molecule has 2 aromatic heterocycles. The SMILES string of the molecule is CC(C)c1ccccc1-c1ncc2c(n1)n(Cc1ccc(CNC(=O)OC(C)(C)C)cc1)c(=O)n2C. The number of ether oxygens (including phenoxy) is 1. The highest BCUT2D eigenvalue weighted by Gasteiger charge is 2.18. The van der Waals surface area contributed by atoms with Crippen LogP contribution in [0.3, 0.4) is 0 Å². The Hall–Kier alpha value is -3.94. The number of nitrogens with one attached hydrogen (secondary N) is 1. The van der Waals surface area contributed by atoms with Gasteiger partial charge in [-0.05, 0) is 43.4 Å². The van der Waals surface area contributed by atoms with E-state index in [9.17, 15) is 9.59 Å². The minimum absolute atomic E-state index is 0.149. The summed E-state index contributed by atoms with van der Waals surface area (Å²) in [6.07, 6.45) is 1.27. The van der Waals surface area contributed by atoms with Crippen LogP contribution in [0.5, 0.6) is 0 Å². The molecule has 0 atom stereocenters. The highest BCUT2D eigenvalue weighted by atomic mass is 16.6. The van der Waals surface area contributed by atoms with Crippen molar-refractivity contribution < 1.29 is 9.53 Å². The van der Waals surface area contributed by atoms with Crippen molar-refractivity contribution in [3.8, 4) is 11.4 Å². The third kappa shape index (κ3) is 5.48. The average molecular weight is 488 g/mol. The predicted octanol–water partition coefficient (Wildman–Crippen LogP) is 4.99. The molecule has 4 rings (SSSR count). The molecule has 0 radical (unpaired) electrons. The highest BCUT2D eigenvalue weighted by molar-refractivity contribution is 5.74. The Morgan fingerprint density at radius 1 is 1.06 bits per heavy atom. The molecule has 0 bridgehead atoms. The first-order valence-corrected chi connectivity index (χ1v) is 12.1. The molecule has 1 N–H and O–H groups in total. The van der Waals surface area contributed by atoms with Crippen LogP contribution in [0.2, 0.25) is 0 Å². The van der Waals surface area contributed by atoms with Crippen LogP contribution in [0.25, 0.3) is 22.6 Å². The quantitative estimate of drug-likeness (QED) is 0.414. The van der Waals surface area contributed by atoms with Crippen molar-refractivity contribution in [1.82, 2.24) is 24.4 Å². The largest absolute Gasteiger partial charge is 0.444 e. The number of alkyl carbamates (subject to hydrolysis) is 1. The first kappa shape index (κ1) is 25.2. The number of benzene rings is 2. The zero-order chi connectivity index (χ0) is 26.0. The number of carbonyl (C=O) groups excluding carboxylic acids is 1. The van der Waals surface area contributed by atoms with Gasteiger partial charge in [-0.2, -0.15) is 0 Å². The molecule has 1 amide bonds. The molecule has 0 saturated heterocycles. The summed E-state index contributed by atoms with van der Waals surface area (Å²) >= 11 is 0. The molecule has 8 nitrogen and oxygen atoms in total. The third-order valence-corrected chi connectivity index (χ3v) is 5.91. The first-order chi connectivity index (χ1) is 17.0. The van der Waals surface area contributed by atoms with E-state index in [1.54, 1.807) is 22.4 Å². The summed E-state index contributed by atoms with van der Waals surface area (Å²) in [5.41, 5.74) is 4.62. The third-order valence-electron chi connectivity index (χ3n) is 5.91. The molecular weight excluding hydrogens is 454 g/mol. The van der Waals surface area contributed by atoms with Gasteiger partial charge in [0, 0.05) is 19.2 Å². The van der Waals surface area contributed by atoms with Gasteiger partial charge in [0.1, 0.15) is 11.1 Å². The van der Waals surface area contributed by atoms with Crippen molar-refractivity contribution in [2.45, 2.75) is 59.2 Å². The van der Waals surface area contributed by atoms with Gasteiger partial charge >= 0.3 is 11.8 Å². The maximum Gasteiger partial charge on any atom is 0.407 e. The van der Waals surface area contributed by atoms with E-state index < -0.39 is 11.7 Å². The number of fused-ring (bicyclic) bond motifs is 1. The van der Waals surface area contributed by atoms with E-state index in [4.69, 9.17) is 9.72 Å². The van der Waals surface area contributed by atoms with E-state index in [1.807, 2.05) is 63.2 Å². The number of aromatic nitrogens is 4. The molecule has 0 aliphatic heterocycles. The monoisotopic (exact) mass is 487 g/mol. The molecule has 0 fully saturated rings. The van der Waals surface area contributed by atoms with E-state index >= 15 is 0 Å². The highest BCUT2D eigenvalue weighted by Crippen LogP contribution is 2.27. The number of aryl methyl sites for hydroxylation is 1. The van der Waals surface area contributed by atoms with Crippen LogP contribution >= 0.6 is 0 Å². The second-order valence-corrected chi connectivity index (χ2v) is 10.2. The van der Waals surface area contributed by atoms with Crippen molar-refractivity contribution >= 4 is 17.3 Å². The Labute approximate surface area is 211 Å². The fourth-order valence-electron chi connectivity index (χ4n) is 4.09. The molecule has 0 saturated carbocycles. The lowest BCUT2D eigenvalue weighted by molar-refractivity contribution is 0.0523. The van der Waals surface area contributed by atoms with Gasteiger partial charge in [-0.15, -0.1) is 0 Å². The molecule has 0 aliphatic carbocycles. The van der Waals surface area contributed by atoms with Crippen molar-refractivity contribution in [3.63, 3.8) is 0 Å². The molecule has 8 heteroatoms. The number of amides is 1. The van der Waals surface area contributed by atoms with E-state index in [0.29, 0.717) is 36.0 Å². The maximum atomic E-state index is 13.1. The Morgan fingerprint density at radius 2 is 1.72 bits per heavy atom. The second-order valence-electron chi connectivity index (χ2n) is 10.2. The van der Waals surface area contributed by atoms with Crippen molar-refractivity contribution in [2.75, 3.05) is 0 Å². The van der Waals surface area contributed by atoms with Gasteiger partial charge in [0.25, 0.3) is 0 Å². The van der Waals surface area contributed by atoms with E-state index in [2.05, 4.69) is 30.2 Å². The summed E-state index contributed by atoms with van der Waals surface area (Å²) in [5.74, 6) is 0.927. The number of rotatable bonds is 6. The maximum absolute atomic E-state index is 13.1. The molecule has 0 spiro atoms. The molecule has 0 unspecified atom stereocenters. The van der Waals surface area contributed by atoms with E-state index in [-0.39, 0.29) is 5.69 Å². The van der Waals surface area contributed by atoms with E-state index in [1.165, 1.54) is 0 Å². The average Bonchev–Trinajstić information content (AvgIpc) is 3.06. The van der Waals surface area contributed by atoms with Gasteiger partial charge in [-0.3, -0.25) is 9.13 Å². The first-order valence-electron chi connectivity index (χ1n) is 12.1. The Balaban J connectivity index is 1.59. The zero-order valence-corrected chi connectivity index (χ0v) is 21.7. The summed E-state index contributed by atoms with van der Waals surface area (Å²) in [6.45, 7) is 10.5. The van der Waals surface area contributed by atoms with Crippen molar-refractivity contribution in [2.24, 2.45) is 7.05 Å². The summed E-state index contributed by atoms with van der Waals surface area (Å²) in [5, 5.41) is 2.76. The lowest BCUT2D eigenvalue weighted by atomic mass is 9.97. The van der Waals surface area contributed by atoms with Gasteiger partial charge in [0.15, 0.2) is 11.5 Å². The summed E-state index contributed by atoms with van der Waals surface area (Å²) < 4.78 is 8.53. The predicted molar refractivity (Wildman–Crippen MR) is 141 cm³/mol. The molecule has 4 aromatic rings. The van der Waals surface area contributed by atoms with Crippen LogP contribution in [0.4, 0.5) is 4.79 Å². The molecular formula is C28H33N5O3. The molecule has 0 aliphatic rings. The standard InChI is InChI=1S/C28H33N5O3/c1-18(2)21-9-7-8-10-22(21)24-29-16-23-25(31-24)33(27(35)32(23)6)17-20-13-11-19(12-14-20)15-30-26(34)36-28(3,4)5/h7-14,16,18H,15,17H2,1-6H3,(H,30,34). The van der Waals surface area contributed by atoms with Crippen LogP contribution < -0.4 is 11.0 Å².